The molecule has 0 saturated heterocycles. The average molecular weight is 327 g/mol. The summed E-state index contributed by atoms with van der Waals surface area (Å²) in [5.41, 5.74) is 4.20. The van der Waals surface area contributed by atoms with Crippen molar-refractivity contribution >= 4 is 11.6 Å². The van der Waals surface area contributed by atoms with Gasteiger partial charge in [0.1, 0.15) is 11.6 Å². The zero-order valence-corrected chi connectivity index (χ0v) is 13.5. The van der Waals surface area contributed by atoms with Crippen LogP contribution in [0.25, 0.3) is 11.1 Å². The largest absolute Gasteiger partial charge is 0.496 e. The normalized spacial score (nSPS) is 10.6. The number of rotatable bonds is 4. The minimum absolute atomic E-state index is 0.219. The van der Waals surface area contributed by atoms with Gasteiger partial charge in [-0.15, -0.1) is 0 Å². The minimum Gasteiger partial charge on any atom is -0.496 e. The molecule has 3 heteroatoms. The lowest BCUT2D eigenvalue weighted by atomic mass is 9.98. The molecule has 116 valence electrons. The third-order valence-electron chi connectivity index (χ3n) is 3.72. The second kappa shape index (κ2) is 6.84. The van der Waals surface area contributed by atoms with Gasteiger partial charge in [0.05, 0.1) is 7.11 Å². The Bertz CT molecular complexity index is 812. The van der Waals surface area contributed by atoms with E-state index >= 15 is 0 Å². The van der Waals surface area contributed by atoms with E-state index in [-0.39, 0.29) is 5.82 Å². The molecule has 3 aromatic carbocycles. The van der Waals surface area contributed by atoms with Gasteiger partial charge in [0.25, 0.3) is 0 Å². The molecule has 0 aliphatic carbocycles. The van der Waals surface area contributed by atoms with Crippen LogP contribution in [0.1, 0.15) is 11.1 Å². The lowest BCUT2D eigenvalue weighted by Gasteiger charge is -2.12. The Morgan fingerprint density at radius 1 is 0.913 bits per heavy atom. The predicted octanol–water partition coefficient (Wildman–Crippen LogP) is 5.75. The quantitative estimate of drug-likeness (QED) is 0.593. The molecule has 0 unspecified atom stereocenters. The van der Waals surface area contributed by atoms with E-state index in [2.05, 4.69) is 6.07 Å². The highest BCUT2D eigenvalue weighted by atomic mass is 35.5. The number of hydrogen-bond acceptors (Lipinski definition) is 1. The fourth-order valence-electron chi connectivity index (χ4n) is 2.58. The van der Waals surface area contributed by atoms with Gasteiger partial charge in [-0.25, -0.2) is 4.39 Å². The molecule has 0 aliphatic heterocycles. The summed E-state index contributed by atoms with van der Waals surface area (Å²) in [6.45, 7) is 0. The zero-order chi connectivity index (χ0) is 16.2. The average Bonchev–Trinajstić information content (AvgIpc) is 2.57. The molecule has 0 aromatic heterocycles. The lowest BCUT2D eigenvalue weighted by molar-refractivity contribution is 0.416. The number of halogens is 2. The van der Waals surface area contributed by atoms with Crippen molar-refractivity contribution in [2.24, 2.45) is 0 Å². The van der Waals surface area contributed by atoms with Gasteiger partial charge in [-0.3, -0.25) is 0 Å². The first kappa shape index (κ1) is 15.6. The molecule has 0 radical (unpaired) electrons. The first-order valence-electron chi connectivity index (χ1n) is 7.33. The molecule has 0 fully saturated rings. The van der Waals surface area contributed by atoms with Gasteiger partial charge in [-0.1, -0.05) is 41.9 Å². The van der Waals surface area contributed by atoms with Crippen LogP contribution in [-0.4, -0.2) is 7.11 Å². The van der Waals surface area contributed by atoms with Crippen molar-refractivity contribution in [3.63, 3.8) is 0 Å². The fraction of sp³-hybridized carbons (Fsp3) is 0.100. The predicted molar refractivity (Wildman–Crippen MR) is 92.6 cm³/mol. The van der Waals surface area contributed by atoms with Crippen LogP contribution in [0.5, 0.6) is 5.75 Å². The Morgan fingerprint density at radius 2 is 1.65 bits per heavy atom. The molecule has 0 atom stereocenters. The van der Waals surface area contributed by atoms with Gasteiger partial charge < -0.3 is 4.74 Å². The highest BCUT2D eigenvalue weighted by Gasteiger charge is 2.08. The third-order valence-corrected chi connectivity index (χ3v) is 3.96. The number of ether oxygens (including phenoxy) is 1. The Kier molecular flexibility index (Phi) is 4.63. The molecule has 3 aromatic rings. The number of hydrogen-bond donors (Lipinski definition) is 0. The minimum atomic E-state index is -0.219. The topological polar surface area (TPSA) is 9.23 Å². The molecular weight excluding hydrogens is 311 g/mol. The summed E-state index contributed by atoms with van der Waals surface area (Å²) in [6, 6.07) is 20.3. The van der Waals surface area contributed by atoms with Crippen LogP contribution in [0.3, 0.4) is 0 Å². The molecule has 23 heavy (non-hydrogen) atoms. The van der Waals surface area contributed by atoms with Crippen LogP contribution in [-0.2, 0) is 6.42 Å². The van der Waals surface area contributed by atoms with Crippen molar-refractivity contribution in [1.82, 2.24) is 0 Å². The summed E-state index contributed by atoms with van der Waals surface area (Å²) in [6.07, 6.45) is 0.734. The SMILES string of the molecule is COc1ccc(Cc2ccc(F)cc2)cc1-c1cccc(Cl)c1. The molecular formula is C20H16ClFO. The molecule has 0 spiro atoms. The molecule has 0 heterocycles. The van der Waals surface area contributed by atoms with Crippen LogP contribution in [0, 0.1) is 5.82 Å². The third kappa shape index (κ3) is 3.72. The Balaban J connectivity index is 1.97. The highest BCUT2D eigenvalue weighted by Crippen LogP contribution is 2.32. The van der Waals surface area contributed by atoms with E-state index in [4.69, 9.17) is 16.3 Å². The summed E-state index contributed by atoms with van der Waals surface area (Å²) in [7, 11) is 1.66. The van der Waals surface area contributed by atoms with E-state index < -0.39 is 0 Å². The van der Waals surface area contributed by atoms with Crippen molar-refractivity contribution in [1.29, 1.82) is 0 Å². The van der Waals surface area contributed by atoms with E-state index in [1.165, 1.54) is 12.1 Å². The van der Waals surface area contributed by atoms with Crippen LogP contribution < -0.4 is 4.74 Å². The fourth-order valence-corrected chi connectivity index (χ4v) is 2.77. The van der Waals surface area contributed by atoms with Gasteiger partial charge in [0.15, 0.2) is 0 Å². The zero-order valence-electron chi connectivity index (χ0n) is 12.7. The van der Waals surface area contributed by atoms with Crippen LogP contribution in [0.2, 0.25) is 5.02 Å². The van der Waals surface area contributed by atoms with Gasteiger partial charge in [0.2, 0.25) is 0 Å². The Hall–Kier alpha value is -2.32. The highest BCUT2D eigenvalue weighted by molar-refractivity contribution is 6.30. The first-order chi connectivity index (χ1) is 11.2. The molecule has 0 saturated carbocycles. The molecule has 0 aliphatic rings. The standard InChI is InChI=1S/C20H16ClFO/c1-23-20-10-7-15(11-14-5-8-18(22)9-6-14)12-19(20)16-3-2-4-17(21)13-16/h2-10,12-13H,11H2,1H3. The van der Waals surface area contributed by atoms with Gasteiger partial charge in [0, 0.05) is 10.6 Å². The second-order valence-electron chi connectivity index (χ2n) is 5.35. The summed E-state index contributed by atoms with van der Waals surface area (Å²) in [4.78, 5) is 0. The van der Waals surface area contributed by atoms with E-state index in [0.717, 1.165) is 34.4 Å². The van der Waals surface area contributed by atoms with Gasteiger partial charge >= 0.3 is 0 Å². The van der Waals surface area contributed by atoms with Gasteiger partial charge in [-0.05, 0) is 59.5 Å². The number of benzene rings is 3. The lowest BCUT2D eigenvalue weighted by Crippen LogP contribution is -1.93. The molecule has 3 rings (SSSR count). The Labute approximate surface area is 140 Å². The maximum atomic E-state index is 13.0. The second-order valence-corrected chi connectivity index (χ2v) is 5.78. The first-order valence-corrected chi connectivity index (χ1v) is 7.71. The monoisotopic (exact) mass is 326 g/mol. The maximum Gasteiger partial charge on any atom is 0.126 e. The Morgan fingerprint density at radius 3 is 2.35 bits per heavy atom. The van der Waals surface area contributed by atoms with Crippen molar-refractivity contribution in [2.45, 2.75) is 6.42 Å². The molecule has 1 nitrogen and oxygen atoms in total. The smallest absolute Gasteiger partial charge is 0.126 e. The summed E-state index contributed by atoms with van der Waals surface area (Å²) < 4.78 is 18.5. The summed E-state index contributed by atoms with van der Waals surface area (Å²) >= 11 is 6.10. The van der Waals surface area contributed by atoms with Crippen molar-refractivity contribution < 1.29 is 9.13 Å². The van der Waals surface area contributed by atoms with Crippen molar-refractivity contribution in [3.8, 4) is 16.9 Å². The van der Waals surface area contributed by atoms with Gasteiger partial charge in [-0.2, -0.15) is 0 Å². The van der Waals surface area contributed by atoms with E-state index in [9.17, 15) is 4.39 Å². The van der Waals surface area contributed by atoms with E-state index in [1.807, 2.05) is 36.4 Å². The van der Waals surface area contributed by atoms with Crippen LogP contribution in [0.15, 0.2) is 66.7 Å². The summed E-state index contributed by atoms with van der Waals surface area (Å²) in [5, 5.41) is 0.688. The molecule has 0 N–H and O–H groups in total. The molecule has 0 bridgehead atoms. The summed E-state index contributed by atoms with van der Waals surface area (Å²) in [5.74, 6) is 0.582. The maximum absolute atomic E-state index is 13.0. The number of methoxy groups -OCH3 is 1. The van der Waals surface area contributed by atoms with Crippen LogP contribution >= 0.6 is 11.6 Å². The van der Waals surface area contributed by atoms with Crippen molar-refractivity contribution in [3.05, 3.63) is 88.7 Å². The molecule has 0 amide bonds. The van der Waals surface area contributed by atoms with Crippen LogP contribution in [0.4, 0.5) is 4.39 Å². The van der Waals surface area contributed by atoms with Crippen molar-refractivity contribution in [2.75, 3.05) is 7.11 Å². The van der Waals surface area contributed by atoms with E-state index in [1.54, 1.807) is 19.2 Å². The van der Waals surface area contributed by atoms with E-state index in [0.29, 0.717) is 5.02 Å².